The molecule has 0 unspecified atom stereocenters. The molecule has 2 aromatic heterocycles. The molecule has 1 atom stereocenters. The third kappa shape index (κ3) is 3.64. The Labute approximate surface area is 185 Å². The Morgan fingerprint density at radius 1 is 1.16 bits per heavy atom. The fourth-order valence-electron chi connectivity index (χ4n) is 4.05. The number of hydrogen-bond donors (Lipinski definition) is 0. The molecule has 160 valence electrons. The van der Waals surface area contributed by atoms with Gasteiger partial charge < -0.3 is 9.47 Å². The van der Waals surface area contributed by atoms with Crippen molar-refractivity contribution in [3.05, 3.63) is 77.2 Å². The van der Waals surface area contributed by atoms with E-state index in [1.165, 1.54) is 6.33 Å². The van der Waals surface area contributed by atoms with Crippen molar-refractivity contribution in [1.29, 1.82) is 0 Å². The van der Waals surface area contributed by atoms with E-state index in [0.29, 0.717) is 18.1 Å². The lowest BCUT2D eigenvalue weighted by Crippen LogP contribution is -2.32. The van der Waals surface area contributed by atoms with Gasteiger partial charge in [0.2, 0.25) is 5.91 Å². The van der Waals surface area contributed by atoms with Gasteiger partial charge >= 0.3 is 0 Å². The summed E-state index contributed by atoms with van der Waals surface area (Å²) in [7, 11) is -3.52. The van der Waals surface area contributed by atoms with Crippen molar-refractivity contribution in [3.63, 3.8) is 0 Å². The lowest BCUT2D eigenvalue weighted by molar-refractivity contribution is -0.134. The van der Waals surface area contributed by atoms with Crippen LogP contribution in [0.25, 0.3) is 10.9 Å². The molecule has 9 heteroatoms. The molecule has 0 bridgehead atoms. The Balaban J connectivity index is 0.00000245. The summed E-state index contributed by atoms with van der Waals surface area (Å²) in [5, 5.41) is 1.56. The van der Waals surface area contributed by atoms with Crippen LogP contribution < -0.4 is 0 Å². The van der Waals surface area contributed by atoms with Crippen LogP contribution in [0.2, 0.25) is 0 Å². The summed E-state index contributed by atoms with van der Waals surface area (Å²) in [5.41, 5.74) is 2.87. The summed E-state index contributed by atoms with van der Waals surface area (Å²) < 4.78 is 31.4. The van der Waals surface area contributed by atoms with Crippen LogP contribution >= 0.6 is 11.5 Å². The summed E-state index contributed by atoms with van der Waals surface area (Å²) in [6.07, 6.45) is 3.30. The van der Waals surface area contributed by atoms with Gasteiger partial charge in [0.1, 0.15) is 23.1 Å². The van der Waals surface area contributed by atoms with Crippen LogP contribution in [0.15, 0.2) is 66.0 Å². The maximum absolute atomic E-state index is 13.2. The maximum atomic E-state index is 13.2. The minimum Gasteiger partial charge on any atom is -0.335 e. The van der Waals surface area contributed by atoms with Crippen LogP contribution in [0.1, 0.15) is 30.5 Å². The van der Waals surface area contributed by atoms with Gasteiger partial charge in [-0.15, -0.1) is 0 Å². The quantitative estimate of drug-likeness (QED) is 0.458. The number of rotatable bonds is 5. The number of hydrogen-bond acceptors (Lipinski definition) is 6. The first-order valence-corrected chi connectivity index (χ1v) is 12.3. The zero-order chi connectivity index (χ0) is 21.6. The molecule has 0 saturated heterocycles. The molecule has 1 amide bonds. The Bertz CT molecular complexity index is 1380. The smallest absolute Gasteiger partial charge is 0.245 e. The van der Waals surface area contributed by atoms with Crippen LogP contribution in [0.3, 0.4) is 0 Å². The molecule has 0 radical (unpaired) electrons. The second kappa shape index (κ2) is 7.58. The maximum Gasteiger partial charge on any atom is 0.245 e. The van der Waals surface area contributed by atoms with Gasteiger partial charge in [0.05, 0.1) is 4.90 Å². The molecule has 4 aromatic rings. The third-order valence-electron chi connectivity index (χ3n) is 5.70. The van der Waals surface area contributed by atoms with Crippen molar-refractivity contribution < 1.29 is 14.6 Å². The summed E-state index contributed by atoms with van der Waals surface area (Å²) in [5.74, 6) is -0.160. The molecule has 5 rings (SSSR count). The van der Waals surface area contributed by atoms with Gasteiger partial charge in [0.15, 0.2) is 9.84 Å². The molecular weight excluding hydrogens is 432 g/mol. The van der Waals surface area contributed by atoms with Crippen molar-refractivity contribution in [2.75, 3.05) is 0 Å². The molecule has 0 spiro atoms. The fraction of sp³-hybridized carbons (Fsp3) is 0.227. The highest BCUT2D eigenvalue weighted by Gasteiger charge is 2.29. The highest BCUT2D eigenvalue weighted by atomic mass is 32.2. The first kappa shape index (κ1) is 19.9. The molecule has 0 fully saturated rings. The summed E-state index contributed by atoms with van der Waals surface area (Å²) in [4.78, 5) is 19.2. The van der Waals surface area contributed by atoms with Gasteiger partial charge in [0, 0.05) is 26.2 Å². The summed E-state index contributed by atoms with van der Waals surface area (Å²) in [6, 6.07) is 14.7. The largest absolute Gasteiger partial charge is 0.335 e. The molecule has 3 heterocycles. The van der Waals surface area contributed by atoms with Crippen molar-refractivity contribution in [3.8, 4) is 0 Å². The minimum absolute atomic E-state index is 0. The normalized spacial score (nSPS) is 14.7. The van der Waals surface area contributed by atoms with E-state index in [4.69, 9.17) is 0 Å². The van der Waals surface area contributed by atoms with E-state index in [1.807, 2.05) is 54.1 Å². The van der Waals surface area contributed by atoms with Crippen LogP contribution in [0.4, 0.5) is 0 Å². The number of para-hydroxylation sites is 1. The van der Waals surface area contributed by atoms with E-state index in [9.17, 15) is 13.2 Å². The molecule has 0 aliphatic carbocycles. The average Bonchev–Trinajstić information content (AvgIpc) is 3.50. The van der Waals surface area contributed by atoms with Gasteiger partial charge in [-0.1, -0.05) is 24.3 Å². The highest BCUT2D eigenvalue weighted by Crippen LogP contribution is 2.30. The van der Waals surface area contributed by atoms with Crippen LogP contribution in [0, 0.1) is 0 Å². The van der Waals surface area contributed by atoms with Crippen molar-refractivity contribution in [2.45, 2.75) is 36.7 Å². The van der Waals surface area contributed by atoms with Gasteiger partial charge in [-0.25, -0.2) is 13.4 Å². The monoisotopic (exact) mass is 454 g/mol. The standard InChI is InChI=1S/C22H20N4O3S2.H2/c1-15(26-9-8-16-4-2-3-5-20(16)26)22(27)25-11-17-6-7-19(10-18(17)12-25)31(28,29)13-21-23-14-24-30-21;/h2-10,14-15H,11-13H2,1H3;1H/t15-;/m1./s1. The number of benzene rings is 2. The average molecular weight is 455 g/mol. The molecule has 0 N–H and O–H groups in total. The van der Waals surface area contributed by atoms with Gasteiger partial charge in [-0.05, 0) is 59.2 Å². The lowest BCUT2D eigenvalue weighted by atomic mass is 10.1. The van der Waals surface area contributed by atoms with E-state index < -0.39 is 9.84 Å². The molecule has 31 heavy (non-hydrogen) atoms. The van der Waals surface area contributed by atoms with E-state index in [-0.39, 0.29) is 24.0 Å². The van der Waals surface area contributed by atoms with E-state index in [2.05, 4.69) is 9.36 Å². The van der Waals surface area contributed by atoms with Crippen LogP contribution in [0.5, 0.6) is 0 Å². The van der Waals surface area contributed by atoms with Gasteiger partial charge in [-0.3, -0.25) is 4.79 Å². The van der Waals surface area contributed by atoms with Crippen LogP contribution in [-0.4, -0.2) is 33.1 Å². The van der Waals surface area contributed by atoms with E-state index in [0.717, 1.165) is 33.6 Å². The number of sulfone groups is 1. The molecule has 0 saturated carbocycles. The zero-order valence-corrected chi connectivity index (χ0v) is 18.4. The molecular formula is C22H22N4O3S2. The van der Waals surface area contributed by atoms with E-state index in [1.54, 1.807) is 17.0 Å². The Hall–Kier alpha value is -3.04. The first-order valence-electron chi connectivity index (χ1n) is 9.87. The topological polar surface area (TPSA) is 85.2 Å². The molecule has 2 aromatic carbocycles. The number of carbonyl (C=O) groups is 1. The Morgan fingerprint density at radius 3 is 2.77 bits per heavy atom. The molecule has 1 aliphatic heterocycles. The SMILES string of the molecule is C[C@H](C(=O)N1Cc2ccc(S(=O)(=O)Cc3ncns3)cc2C1)n1ccc2ccccc21.[HH]. The minimum atomic E-state index is -3.52. The predicted molar refractivity (Wildman–Crippen MR) is 120 cm³/mol. The van der Waals surface area contributed by atoms with Gasteiger partial charge in [-0.2, -0.15) is 4.37 Å². The summed E-state index contributed by atoms with van der Waals surface area (Å²) >= 11 is 1.08. The third-order valence-corrected chi connectivity index (χ3v) is 8.16. The summed E-state index contributed by atoms with van der Waals surface area (Å²) in [6.45, 7) is 2.78. The van der Waals surface area contributed by atoms with E-state index >= 15 is 0 Å². The number of fused-ring (bicyclic) bond motifs is 2. The predicted octanol–water partition coefficient (Wildman–Crippen LogP) is 3.82. The van der Waals surface area contributed by atoms with Gasteiger partial charge in [0.25, 0.3) is 0 Å². The Kier molecular flexibility index (Phi) is 4.86. The first-order chi connectivity index (χ1) is 14.9. The molecule has 1 aliphatic rings. The highest BCUT2D eigenvalue weighted by molar-refractivity contribution is 7.90. The number of nitrogens with zero attached hydrogens (tertiary/aromatic N) is 4. The number of aromatic nitrogens is 3. The Morgan fingerprint density at radius 2 is 1.97 bits per heavy atom. The molecule has 7 nitrogen and oxygen atoms in total. The second-order valence-corrected chi connectivity index (χ2v) is 10.5. The van der Waals surface area contributed by atoms with Crippen LogP contribution in [-0.2, 0) is 33.5 Å². The number of amides is 1. The van der Waals surface area contributed by atoms with Crippen molar-refractivity contribution in [1.82, 2.24) is 18.8 Å². The van der Waals surface area contributed by atoms with Crippen molar-refractivity contribution in [2.24, 2.45) is 0 Å². The fourth-order valence-corrected chi connectivity index (χ4v) is 6.20. The lowest BCUT2D eigenvalue weighted by Gasteiger charge is -2.22. The second-order valence-electron chi connectivity index (χ2n) is 7.68. The zero-order valence-electron chi connectivity index (χ0n) is 16.8. The number of carbonyl (C=O) groups excluding carboxylic acids is 1. The van der Waals surface area contributed by atoms with Crippen molar-refractivity contribution >= 4 is 38.2 Å².